The Bertz CT molecular complexity index is 938. The molecule has 1 atom stereocenters. The smallest absolute Gasteiger partial charge is 0.275 e. The minimum atomic E-state index is -0.0956. The Kier molecular flexibility index (Phi) is 2.80. The first kappa shape index (κ1) is 13.7. The number of fused-ring (bicyclic) bond motifs is 2. The molecule has 3 aromatic rings. The number of aromatic amines is 1. The quantitative estimate of drug-likeness (QED) is 0.785. The molecule has 2 aliphatic rings. The molecular weight excluding hydrogens is 304 g/mol. The topological polar surface area (TPSA) is 79.7 Å². The molecular formula is C17H18N6O. The summed E-state index contributed by atoms with van der Waals surface area (Å²) in [5.74, 6) is 2.30. The van der Waals surface area contributed by atoms with E-state index >= 15 is 0 Å². The van der Waals surface area contributed by atoms with Crippen LogP contribution in [0, 0.1) is 0 Å². The number of carbonyl (C=O) groups excluding carboxylic acids is 1. The van der Waals surface area contributed by atoms with Crippen molar-refractivity contribution in [2.24, 2.45) is 0 Å². The second-order valence-electron chi connectivity index (χ2n) is 6.62. The summed E-state index contributed by atoms with van der Waals surface area (Å²) in [6.45, 7) is 3.33. The molecule has 1 aromatic carbocycles. The van der Waals surface area contributed by atoms with E-state index in [1.807, 2.05) is 40.8 Å². The van der Waals surface area contributed by atoms with Crippen molar-refractivity contribution in [3.05, 3.63) is 41.6 Å². The van der Waals surface area contributed by atoms with Crippen molar-refractivity contribution in [2.75, 3.05) is 6.54 Å². The molecule has 1 aliphatic heterocycles. The van der Waals surface area contributed by atoms with Crippen LogP contribution in [0.2, 0.25) is 0 Å². The van der Waals surface area contributed by atoms with Gasteiger partial charge >= 0.3 is 0 Å². The van der Waals surface area contributed by atoms with Gasteiger partial charge in [0.15, 0.2) is 11.5 Å². The third kappa shape index (κ3) is 1.97. The SMILES string of the molecule is C[C@@H]1c2nc(C3CC3)nn2CCN1C(=O)c1n[nH]c2ccccc12. The van der Waals surface area contributed by atoms with Crippen LogP contribution in [-0.4, -0.2) is 42.3 Å². The third-order valence-electron chi connectivity index (χ3n) is 4.99. The molecule has 0 saturated heterocycles. The molecule has 7 heteroatoms. The summed E-state index contributed by atoms with van der Waals surface area (Å²) in [7, 11) is 0. The van der Waals surface area contributed by atoms with E-state index in [2.05, 4.69) is 15.3 Å². The fourth-order valence-electron chi connectivity index (χ4n) is 3.44. The normalized spacial score (nSPS) is 20.4. The highest BCUT2D eigenvalue weighted by atomic mass is 16.2. The highest BCUT2D eigenvalue weighted by molar-refractivity contribution is 6.04. The zero-order valence-electron chi connectivity index (χ0n) is 13.4. The number of H-pyrrole nitrogens is 1. The van der Waals surface area contributed by atoms with Crippen molar-refractivity contribution >= 4 is 16.8 Å². The standard InChI is InChI=1S/C17H18N6O/c1-10-16-18-15(11-6-7-11)21-23(16)9-8-22(10)17(24)14-12-4-2-3-5-13(12)19-20-14/h2-5,10-11H,6-9H2,1H3,(H,19,20)/t10-/m1/s1. The summed E-state index contributed by atoms with van der Waals surface area (Å²) < 4.78 is 1.96. The highest BCUT2D eigenvalue weighted by Crippen LogP contribution is 2.39. The maximum absolute atomic E-state index is 13.0. The Labute approximate surface area is 138 Å². The van der Waals surface area contributed by atoms with Crippen molar-refractivity contribution in [3.8, 4) is 0 Å². The molecule has 5 rings (SSSR count). The van der Waals surface area contributed by atoms with Crippen LogP contribution in [0.5, 0.6) is 0 Å². The number of para-hydroxylation sites is 1. The van der Waals surface area contributed by atoms with Crippen LogP contribution in [0.3, 0.4) is 0 Å². The van der Waals surface area contributed by atoms with Crippen molar-refractivity contribution in [3.63, 3.8) is 0 Å². The van der Waals surface area contributed by atoms with E-state index in [0.29, 0.717) is 24.7 Å². The number of carbonyl (C=O) groups is 1. The molecule has 1 aliphatic carbocycles. The molecule has 0 unspecified atom stereocenters. The summed E-state index contributed by atoms with van der Waals surface area (Å²) in [6, 6.07) is 7.61. The average molecular weight is 322 g/mol. The molecule has 0 bridgehead atoms. The van der Waals surface area contributed by atoms with E-state index in [1.165, 1.54) is 12.8 Å². The lowest BCUT2D eigenvalue weighted by molar-refractivity contribution is 0.0626. The molecule has 0 radical (unpaired) electrons. The zero-order chi connectivity index (χ0) is 16.3. The lowest BCUT2D eigenvalue weighted by atomic mass is 10.1. The van der Waals surface area contributed by atoms with Crippen molar-refractivity contribution < 1.29 is 4.79 Å². The summed E-state index contributed by atoms with van der Waals surface area (Å²) in [4.78, 5) is 19.6. The van der Waals surface area contributed by atoms with Crippen LogP contribution in [0.4, 0.5) is 0 Å². The number of amides is 1. The van der Waals surface area contributed by atoms with Gasteiger partial charge in [-0.15, -0.1) is 0 Å². The predicted molar refractivity (Wildman–Crippen MR) is 87.5 cm³/mol. The van der Waals surface area contributed by atoms with E-state index in [4.69, 9.17) is 4.98 Å². The van der Waals surface area contributed by atoms with Crippen molar-refractivity contribution in [2.45, 2.75) is 38.3 Å². The van der Waals surface area contributed by atoms with Gasteiger partial charge in [-0.3, -0.25) is 9.89 Å². The number of rotatable bonds is 2. The van der Waals surface area contributed by atoms with E-state index in [0.717, 1.165) is 22.6 Å². The number of nitrogens with one attached hydrogen (secondary N) is 1. The van der Waals surface area contributed by atoms with Gasteiger partial charge in [0.05, 0.1) is 18.1 Å². The monoisotopic (exact) mass is 322 g/mol. The number of nitrogens with zero attached hydrogens (tertiary/aromatic N) is 5. The van der Waals surface area contributed by atoms with Gasteiger partial charge in [0.2, 0.25) is 0 Å². The maximum Gasteiger partial charge on any atom is 0.275 e. The van der Waals surface area contributed by atoms with Gasteiger partial charge in [0.25, 0.3) is 5.91 Å². The van der Waals surface area contributed by atoms with E-state index in [1.54, 1.807) is 0 Å². The maximum atomic E-state index is 13.0. The van der Waals surface area contributed by atoms with Gasteiger partial charge in [-0.1, -0.05) is 18.2 Å². The molecule has 1 amide bonds. The zero-order valence-corrected chi connectivity index (χ0v) is 13.4. The molecule has 0 spiro atoms. The summed E-state index contributed by atoms with van der Waals surface area (Å²) in [5, 5.41) is 12.7. The first-order chi connectivity index (χ1) is 11.7. The molecule has 3 heterocycles. The Morgan fingerprint density at radius 3 is 2.92 bits per heavy atom. The fraction of sp³-hybridized carbons (Fsp3) is 0.412. The largest absolute Gasteiger partial charge is 0.325 e. The molecule has 1 fully saturated rings. The number of aromatic nitrogens is 5. The minimum Gasteiger partial charge on any atom is -0.325 e. The van der Waals surface area contributed by atoms with Gasteiger partial charge in [0.1, 0.15) is 5.82 Å². The van der Waals surface area contributed by atoms with Crippen LogP contribution in [0.15, 0.2) is 24.3 Å². The lowest BCUT2D eigenvalue weighted by Crippen LogP contribution is -2.41. The second-order valence-corrected chi connectivity index (χ2v) is 6.62. The number of benzene rings is 1. The van der Waals surface area contributed by atoms with Crippen molar-refractivity contribution in [1.82, 2.24) is 29.9 Å². The first-order valence-corrected chi connectivity index (χ1v) is 8.41. The van der Waals surface area contributed by atoms with E-state index in [9.17, 15) is 4.79 Å². The van der Waals surface area contributed by atoms with Gasteiger partial charge in [-0.2, -0.15) is 10.2 Å². The number of hydrogen-bond donors (Lipinski definition) is 1. The average Bonchev–Trinajstić information content (AvgIpc) is 3.21. The van der Waals surface area contributed by atoms with Crippen molar-refractivity contribution in [1.29, 1.82) is 0 Å². The molecule has 7 nitrogen and oxygen atoms in total. The van der Waals surface area contributed by atoms with E-state index < -0.39 is 0 Å². The fourth-order valence-corrected chi connectivity index (χ4v) is 3.44. The van der Waals surface area contributed by atoms with Crippen LogP contribution in [-0.2, 0) is 6.54 Å². The van der Waals surface area contributed by atoms with Gasteiger partial charge in [-0.05, 0) is 25.8 Å². The van der Waals surface area contributed by atoms with Crippen LogP contribution < -0.4 is 0 Å². The highest BCUT2D eigenvalue weighted by Gasteiger charge is 2.35. The van der Waals surface area contributed by atoms with Crippen LogP contribution in [0.1, 0.15) is 53.9 Å². The Hall–Kier alpha value is -2.70. The first-order valence-electron chi connectivity index (χ1n) is 8.41. The van der Waals surface area contributed by atoms with Gasteiger partial charge < -0.3 is 4.90 Å². The Balaban J connectivity index is 1.49. The summed E-state index contributed by atoms with van der Waals surface area (Å²) in [6.07, 6.45) is 2.36. The summed E-state index contributed by atoms with van der Waals surface area (Å²) >= 11 is 0. The minimum absolute atomic E-state index is 0.0535. The van der Waals surface area contributed by atoms with Gasteiger partial charge in [0, 0.05) is 17.8 Å². The Morgan fingerprint density at radius 2 is 2.08 bits per heavy atom. The molecule has 1 N–H and O–H groups in total. The Morgan fingerprint density at radius 1 is 1.25 bits per heavy atom. The molecule has 122 valence electrons. The summed E-state index contributed by atoms with van der Waals surface area (Å²) in [5.41, 5.74) is 1.36. The molecule has 1 saturated carbocycles. The van der Waals surface area contributed by atoms with Gasteiger partial charge in [-0.25, -0.2) is 9.67 Å². The van der Waals surface area contributed by atoms with Crippen LogP contribution in [0.25, 0.3) is 10.9 Å². The molecule has 24 heavy (non-hydrogen) atoms. The van der Waals surface area contributed by atoms with E-state index in [-0.39, 0.29) is 11.9 Å². The predicted octanol–water partition coefficient (Wildman–Crippen LogP) is 2.25. The second kappa shape index (κ2) is 4.90. The van der Waals surface area contributed by atoms with Crippen LogP contribution >= 0.6 is 0 Å². The lowest BCUT2D eigenvalue weighted by Gasteiger charge is -2.32. The molecule has 2 aromatic heterocycles. The third-order valence-corrected chi connectivity index (χ3v) is 4.99. The number of hydrogen-bond acceptors (Lipinski definition) is 4.